The highest BCUT2D eigenvalue weighted by atomic mass is 16.6. The number of hydrogen-bond acceptors (Lipinski definition) is 6. The fourth-order valence-corrected chi connectivity index (χ4v) is 2.58. The minimum atomic E-state index is -1.03. The van der Waals surface area contributed by atoms with Gasteiger partial charge in [-0.2, -0.15) is 0 Å². The highest BCUT2D eigenvalue weighted by Gasteiger charge is 2.21. The van der Waals surface area contributed by atoms with E-state index in [1.54, 1.807) is 13.0 Å². The Hall–Kier alpha value is -3.49. The number of nitrogens with one attached hydrogen (secondary N) is 1. The Bertz CT molecular complexity index is 947. The quantitative estimate of drug-likeness (QED) is 0.336. The summed E-state index contributed by atoms with van der Waals surface area (Å²) in [5.41, 5.74) is 1.96. The molecule has 0 saturated heterocycles. The average molecular weight is 387 g/mol. The third kappa shape index (κ3) is 4.61. The van der Waals surface area contributed by atoms with E-state index < -0.39 is 29.4 Å². The van der Waals surface area contributed by atoms with Crippen LogP contribution in [0.15, 0.2) is 30.3 Å². The van der Waals surface area contributed by atoms with Crippen molar-refractivity contribution in [3.05, 3.63) is 63.0 Å². The molecule has 0 aliphatic rings. The zero-order valence-electron chi connectivity index (χ0n) is 16.0. The first kappa shape index (κ1) is 20.8. The first-order valence-electron chi connectivity index (χ1n) is 8.50. The third-order valence-corrected chi connectivity index (χ3v) is 4.44. The van der Waals surface area contributed by atoms with E-state index in [4.69, 9.17) is 4.74 Å². The summed E-state index contributed by atoms with van der Waals surface area (Å²) in [4.78, 5) is 46.7. The van der Waals surface area contributed by atoms with Crippen molar-refractivity contribution in [1.82, 2.24) is 9.88 Å². The predicted molar refractivity (Wildman–Crippen MR) is 100 cm³/mol. The standard InChI is InChI=1S/C19H21N3O6/c1-11-8-16(13(3)21(11)4)17(23)10-28-19(25)12(2)20-18(24)14-6-5-7-15(9-14)22(26)27/h5-9,12H,10H2,1-4H3,(H,20,24)/t12-/m0/s1. The Balaban J connectivity index is 1.94. The van der Waals surface area contributed by atoms with Crippen molar-refractivity contribution < 1.29 is 24.0 Å². The van der Waals surface area contributed by atoms with Crippen molar-refractivity contribution in [2.75, 3.05) is 6.61 Å². The predicted octanol–water partition coefficient (Wildman–Crippen LogP) is 2.09. The SMILES string of the molecule is Cc1cc(C(=O)COC(=O)[C@H](C)NC(=O)c2cccc([N+](=O)[O-])c2)c(C)n1C. The van der Waals surface area contributed by atoms with Crippen LogP contribution in [0.5, 0.6) is 0 Å². The lowest BCUT2D eigenvalue weighted by Gasteiger charge is -2.13. The fourth-order valence-electron chi connectivity index (χ4n) is 2.58. The van der Waals surface area contributed by atoms with E-state index in [9.17, 15) is 24.5 Å². The van der Waals surface area contributed by atoms with Crippen molar-refractivity contribution >= 4 is 23.3 Å². The Morgan fingerprint density at radius 2 is 1.93 bits per heavy atom. The number of aromatic nitrogens is 1. The van der Waals surface area contributed by atoms with E-state index in [0.717, 1.165) is 17.5 Å². The molecule has 0 aliphatic heterocycles. The summed E-state index contributed by atoms with van der Waals surface area (Å²) in [6.07, 6.45) is 0. The molecule has 1 heterocycles. The maximum atomic E-state index is 12.3. The molecule has 1 amide bonds. The monoisotopic (exact) mass is 387 g/mol. The molecule has 0 fully saturated rings. The molecular formula is C19H21N3O6. The van der Waals surface area contributed by atoms with Crippen LogP contribution >= 0.6 is 0 Å². The van der Waals surface area contributed by atoms with Crippen LogP contribution in [0.1, 0.15) is 39.0 Å². The molecule has 2 aromatic rings. The molecule has 1 aromatic carbocycles. The fraction of sp³-hybridized carbons (Fsp3) is 0.316. The Labute approximate surface area is 161 Å². The summed E-state index contributed by atoms with van der Waals surface area (Å²) in [5, 5.41) is 13.2. The summed E-state index contributed by atoms with van der Waals surface area (Å²) < 4.78 is 6.86. The van der Waals surface area contributed by atoms with Crippen LogP contribution in [0.4, 0.5) is 5.69 Å². The number of rotatable bonds is 7. The summed E-state index contributed by atoms with van der Waals surface area (Å²) in [5.74, 6) is -1.78. The number of non-ortho nitro benzene ring substituents is 1. The van der Waals surface area contributed by atoms with Crippen LogP contribution < -0.4 is 5.32 Å². The van der Waals surface area contributed by atoms with Crippen LogP contribution in [0.25, 0.3) is 0 Å². The molecular weight excluding hydrogens is 366 g/mol. The van der Waals surface area contributed by atoms with Crippen LogP contribution in [0.2, 0.25) is 0 Å². The molecule has 28 heavy (non-hydrogen) atoms. The molecule has 0 bridgehead atoms. The zero-order chi connectivity index (χ0) is 21.0. The number of esters is 1. The molecule has 0 radical (unpaired) electrons. The zero-order valence-corrected chi connectivity index (χ0v) is 16.0. The van der Waals surface area contributed by atoms with Gasteiger partial charge in [-0.25, -0.2) is 4.79 Å². The number of nitrogens with zero attached hydrogens (tertiary/aromatic N) is 2. The Kier molecular flexibility index (Phi) is 6.29. The summed E-state index contributed by atoms with van der Waals surface area (Å²) in [6.45, 7) is 4.62. The maximum Gasteiger partial charge on any atom is 0.328 e. The molecule has 9 heteroatoms. The van der Waals surface area contributed by atoms with Gasteiger partial charge in [-0.3, -0.25) is 19.7 Å². The minimum Gasteiger partial charge on any atom is -0.456 e. The number of ether oxygens (including phenoxy) is 1. The van der Waals surface area contributed by atoms with Gasteiger partial charge in [0.2, 0.25) is 5.78 Å². The number of carbonyl (C=O) groups is 3. The summed E-state index contributed by atoms with van der Waals surface area (Å²) >= 11 is 0. The Morgan fingerprint density at radius 1 is 1.25 bits per heavy atom. The lowest BCUT2D eigenvalue weighted by Crippen LogP contribution is -2.40. The van der Waals surface area contributed by atoms with E-state index >= 15 is 0 Å². The number of hydrogen-bond donors (Lipinski definition) is 1. The molecule has 9 nitrogen and oxygen atoms in total. The van der Waals surface area contributed by atoms with E-state index in [-0.39, 0.29) is 17.0 Å². The van der Waals surface area contributed by atoms with Gasteiger partial charge in [0.05, 0.1) is 4.92 Å². The third-order valence-electron chi connectivity index (χ3n) is 4.44. The number of amides is 1. The Morgan fingerprint density at radius 3 is 2.50 bits per heavy atom. The van der Waals surface area contributed by atoms with Crippen LogP contribution in [-0.4, -0.2) is 39.8 Å². The summed E-state index contributed by atoms with van der Waals surface area (Å²) in [7, 11) is 1.83. The molecule has 0 saturated carbocycles. The van der Waals surface area contributed by atoms with E-state index in [1.165, 1.54) is 25.1 Å². The number of benzene rings is 1. The van der Waals surface area contributed by atoms with Crippen LogP contribution in [-0.2, 0) is 16.6 Å². The largest absolute Gasteiger partial charge is 0.456 e. The second-order valence-electron chi connectivity index (χ2n) is 6.38. The lowest BCUT2D eigenvalue weighted by molar-refractivity contribution is -0.384. The molecule has 1 N–H and O–H groups in total. The van der Waals surface area contributed by atoms with Gasteiger partial charge in [0.1, 0.15) is 6.04 Å². The minimum absolute atomic E-state index is 0.0420. The van der Waals surface area contributed by atoms with Crippen LogP contribution in [0.3, 0.4) is 0 Å². The molecule has 1 aromatic heterocycles. The normalized spacial score (nSPS) is 11.6. The van der Waals surface area contributed by atoms with Crippen molar-refractivity contribution in [3.63, 3.8) is 0 Å². The number of aryl methyl sites for hydroxylation is 1. The number of nitro groups is 1. The molecule has 1 atom stereocenters. The van der Waals surface area contributed by atoms with Crippen LogP contribution in [0, 0.1) is 24.0 Å². The second kappa shape index (κ2) is 8.47. The number of Topliss-reactive ketones (excluding diaryl/α,β-unsaturated/α-hetero) is 1. The number of carbonyl (C=O) groups excluding carboxylic acids is 3. The van der Waals surface area contributed by atoms with Gasteiger partial charge in [-0.15, -0.1) is 0 Å². The van der Waals surface area contributed by atoms with Gasteiger partial charge < -0.3 is 14.6 Å². The van der Waals surface area contributed by atoms with Gasteiger partial charge in [-0.05, 0) is 32.9 Å². The van der Waals surface area contributed by atoms with Gasteiger partial charge in [0, 0.05) is 41.7 Å². The average Bonchev–Trinajstić information content (AvgIpc) is 2.93. The summed E-state index contributed by atoms with van der Waals surface area (Å²) in [6, 6.07) is 5.82. The number of ketones is 1. The van der Waals surface area contributed by atoms with Crippen molar-refractivity contribution in [3.8, 4) is 0 Å². The van der Waals surface area contributed by atoms with Gasteiger partial charge >= 0.3 is 5.97 Å². The van der Waals surface area contributed by atoms with Crippen molar-refractivity contribution in [1.29, 1.82) is 0 Å². The van der Waals surface area contributed by atoms with E-state index in [2.05, 4.69) is 5.32 Å². The molecule has 0 unspecified atom stereocenters. The van der Waals surface area contributed by atoms with Gasteiger partial charge in [-0.1, -0.05) is 6.07 Å². The number of nitro benzene ring substituents is 1. The molecule has 148 valence electrons. The maximum absolute atomic E-state index is 12.3. The first-order valence-corrected chi connectivity index (χ1v) is 8.50. The van der Waals surface area contributed by atoms with Crippen molar-refractivity contribution in [2.24, 2.45) is 7.05 Å². The highest BCUT2D eigenvalue weighted by Crippen LogP contribution is 2.15. The topological polar surface area (TPSA) is 121 Å². The van der Waals surface area contributed by atoms with Gasteiger partial charge in [0.15, 0.2) is 6.61 Å². The van der Waals surface area contributed by atoms with Gasteiger partial charge in [0.25, 0.3) is 11.6 Å². The highest BCUT2D eigenvalue weighted by molar-refractivity contribution is 6.00. The van der Waals surface area contributed by atoms with E-state index in [0.29, 0.717) is 5.56 Å². The smallest absolute Gasteiger partial charge is 0.328 e. The van der Waals surface area contributed by atoms with Crippen molar-refractivity contribution in [2.45, 2.75) is 26.8 Å². The first-order chi connectivity index (χ1) is 13.1. The molecule has 2 rings (SSSR count). The van der Waals surface area contributed by atoms with E-state index in [1.807, 2.05) is 18.5 Å². The lowest BCUT2D eigenvalue weighted by atomic mass is 10.1. The molecule has 0 aliphatic carbocycles. The second-order valence-corrected chi connectivity index (χ2v) is 6.38. The molecule has 0 spiro atoms.